The van der Waals surface area contributed by atoms with Gasteiger partial charge < -0.3 is 15.4 Å². The van der Waals surface area contributed by atoms with Crippen LogP contribution in [0.5, 0.6) is 0 Å². The zero-order valence-corrected chi connectivity index (χ0v) is 21.8. The molecule has 2 heterocycles. The number of morpholine rings is 1. The van der Waals surface area contributed by atoms with Gasteiger partial charge in [0.05, 0.1) is 18.1 Å². The summed E-state index contributed by atoms with van der Waals surface area (Å²) in [4.78, 5) is 39.4. The van der Waals surface area contributed by atoms with Crippen LogP contribution in [0.3, 0.4) is 0 Å². The average molecular weight is 555 g/mol. The molecule has 36 heavy (non-hydrogen) atoms. The van der Waals surface area contributed by atoms with E-state index < -0.39 is 40.0 Å². The molecule has 0 aromatic heterocycles. The quantitative estimate of drug-likeness (QED) is 0.529. The van der Waals surface area contributed by atoms with Crippen LogP contribution >= 0.6 is 23.2 Å². The number of hydrogen-bond donors (Lipinski definition) is 2. The Hall–Kier alpha value is -2.70. The number of aryl methyl sites for hydroxylation is 1. The SMILES string of the molecule is Cc1ccc(S(=O)(=O)N2CCOCC2)cc1NC(=O)CN1C(=O)N[C@](C)(c2ccc(Cl)cc2Cl)C1=O. The highest BCUT2D eigenvalue weighted by Gasteiger charge is 2.50. The van der Waals surface area contributed by atoms with Crippen LogP contribution < -0.4 is 10.6 Å². The number of carbonyl (C=O) groups is 3. The Balaban J connectivity index is 1.51. The lowest BCUT2D eigenvalue weighted by Gasteiger charge is -2.26. The second-order valence-corrected chi connectivity index (χ2v) is 11.4. The highest BCUT2D eigenvalue weighted by molar-refractivity contribution is 7.89. The summed E-state index contributed by atoms with van der Waals surface area (Å²) in [5, 5.41) is 5.77. The van der Waals surface area contributed by atoms with Crippen LogP contribution in [0.2, 0.25) is 10.0 Å². The maximum atomic E-state index is 13.2. The van der Waals surface area contributed by atoms with E-state index in [9.17, 15) is 22.8 Å². The molecule has 192 valence electrons. The van der Waals surface area contributed by atoms with E-state index in [0.29, 0.717) is 29.4 Å². The molecule has 4 rings (SSSR count). The maximum Gasteiger partial charge on any atom is 0.325 e. The summed E-state index contributed by atoms with van der Waals surface area (Å²) in [6, 6.07) is 8.19. The molecule has 2 fully saturated rings. The Morgan fingerprint density at radius 3 is 2.50 bits per heavy atom. The summed E-state index contributed by atoms with van der Waals surface area (Å²) in [5.41, 5.74) is -0.281. The highest BCUT2D eigenvalue weighted by Crippen LogP contribution is 2.35. The minimum atomic E-state index is -3.78. The fraction of sp³-hybridized carbons (Fsp3) is 0.348. The molecule has 13 heteroatoms. The molecule has 0 radical (unpaired) electrons. The lowest BCUT2D eigenvalue weighted by atomic mass is 9.92. The highest BCUT2D eigenvalue weighted by atomic mass is 35.5. The third-order valence-electron chi connectivity index (χ3n) is 6.14. The number of rotatable bonds is 6. The first-order valence-electron chi connectivity index (χ1n) is 11.0. The van der Waals surface area contributed by atoms with Crippen molar-refractivity contribution in [3.63, 3.8) is 0 Å². The Kier molecular flexibility index (Phi) is 7.31. The van der Waals surface area contributed by atoms with Crippen molar-refractivity contribution in [2.24, 2.45) is 0 Å². The van der Waals surface area contributed by atoms with Gasteiger partial charge in [-0.2, -0.15) is 4.31 Å². The largest absolute Gasteiger partial charge is 0.379 e. The van der Waals surface area contributed by atoms with Crippen LogP contribution in [-0.4, -0.2) is 68.3 Å². The normalized spacial score (nSPS) is 20.9. The molecule has 2 N–H and O–H groups in total. The fourth-order valence-electron chi connectivity index (χ4n) is 4.08. The van der Waals surface area contributed by atoms with Gasteiger partial charge in [-0.15, -0.1) is 0 Å². The third-order valence-corrected chi connectivity index (χ3v) is 8.58. The minimum absolute atomic E-state index is 0.0187. The van der Waals surface area contributed by atoms with Gasteiger partial charge in [0.2, 0.25) is 15.9 Å². The van der Waals surface area contributed by atoms with Crippen LogP contribution in [0.1, 0.15) is 18.1 Å². The lowest BCUT2D eigenvalue weighted by molar-refractivity contribution is -0.133. The Labute approximate surface area is 218 Å². The van der Waals surface area contributed by atoms with Crippen molar-refractivity contribution in [1.29, 1.82) is 0 Å². The fourth-order valence-corrected chi connectivity index (χ4v) is 6.12. The second-order valence-electron chi connectivity index (χ2n) is 8.61. The molecule has 2 saturated heterocycles. The molecule has 2 aliphatic rings. The van der Waals surface area contributed by atoms with Gasteiger partial charge in [-0.1, -0.05) is 35.3 Å². The number of benzene rings is 2. The van der Waals surface area contributed by atoms with E-state index in [-0.39, 0.29) is 28.7 Å². The first kappa shape index (κ1) is 26.4. The second kappa shape index (κ2) is 9.98. The van der Waals surface area contributed by atoms with Crippen LogP contribution in [0, 0.1) is 6.92 Å². The molecule has 0 bridgehead atoms. The molecule has 4 amide bonds. The van der Waals surface area contributed by atoms with Gasteiger partial charge in [-0.25, -0.2) is 13.2 Å². The molecule has 0 saturated carbocycles. The summed E-state index contributed by atoms with van der Waals surface area (Å²) in [7, 11) is -3.78. The molecule has 2 aromatic carbocycles. The van der Waals surface area contributed by atoms with E-state index in [1.54, 1.807) is 19.1 Å². The van der Waals surface area contributed by atoms with E-state index in [1.165, 1.54) is 35.5 Å². The van der Waals surface area contributed by atoms with Crippen molar-refractivity contribution in [2.45, 2.75) is 24.3 Å². The smallest absolute Gasteiger partial charge is 0.325 e. The summed E-state index contributed by atoms with van der Waals surface area (Å²) in [6.45, 7) is 3.70. The number of ether oxygens (including phenoxy) is 1. The van der Waals surface area contributed by atoms with Crippen molar-refractivity contribution >= 4 is 56.8 Å². The van der Waals surface area contributed by atoms with Gasteiger partial charge in [-0.05, 0) is 43.7 Å². The van der Waals surface area contributed by atoms with E-state index in [0.717, 1.165) is 4.90 Å². The predicted octanol–water partition coefficient (Wildman–Crippen LogP) is 2.73. The summed E-state index contributed by atoms with van der Waals surface area (Å²) < 4.78 is 32.5. The molecule has 2 aliphatic heterocycles. The number of nitrogens with one attached hydrogen (secondary N) is 2. The van der Waals surface area contributed by atoms with Gasteiger partial charge in [0.25, 0.3) is 5.91 Å². The van der Waals surface area contributed by atoms with Gasteiger partial charge >= 0.3 is 6.03 Å². The van der Waals surface area contributed by atoms with Gasteiger partial charge in [-0.3, -0.25) is 14.5 Å². The van der Waals surface area contributed by atoms with E-state index >= 15 is 0 Å². The number of urea groups is 1. The molecular weight excluding hydrogens is 531 g/mol. The lowest BCUT2D eigenvalue weighted by Crippen LogP contribution is -2.42. The van der Waals surface area contributed by atoms with Crippen molar-refractivity contribution in [1.82, 2.24) is 14.5 Å². The number of halogens is 2. The number of imide groups is 1. The summed E-state index contributed by atoms with van der Waals surface area (Å²) >= 11 is 12.2. The third kappa shape index (κ3) is 4.94. The predicted molar refractivity (Wildman–Crippen MR) is 133 cm³/mol. The number of carbonyl (C=O) groups excluding carboxylic acids is 3. The van der Waals surface area contributed by atoms with Gasteiger partial charge in [0.15, 0.2) is 0 Å². The summed E-state index contributed by atoms with van der Waals surface area (Å²) in [6.07, 6.45) is 0. The zero-order chi connectivity index (χ0) is 26.3. The van der Waals surface area contributed by atoms with Crippen molar-refractivity contribution in [2.75, 3.05) is 38.2 Å². The Morgan fingerprint density at radius 1 is 1.14 bits per heavy atom. The maximum absolute atomic E-state index is 13.2. The Bertz CT molecular complexity index is 1350. The van der Waals surface area contributed by atoms with Crippen LogP contribution in [0.4, 0.5) is 10.5 Å². The molecule has 1 atom stereocenters. The first-order valence-corrected chi connectivity index (χ1v) is 13.2. The van der Waals surface area contributed by atoms with Crippen molar-refractivity contribution in [3.8, 4) is 0 Å². The number of amides is 4. The molecule has 2 aromatic rings. The molecule has 0 spiro atoms. The first-order chi connectivity index (χ1) is 16.9. The monoisotopic (exact) mass is 554 g/mol. The van der Waals surface area contributed by atoms with Crippen LogP contribution in [-0.2, 0) is 29.9 Å². The summed E-state index contributed by atoms with van der Waals surface area (Å²) in [5.74, 6) is -1.33. The van der Waals surface area contributed by atoms with Gasteiger partial charge in [0.1, 0.15) is 12.1 Å². The van der Waals surface area contributed by atoms with E-state index in [4.69, 9.17) is 27.9 Å². The van der Waals surface area contributed by atoms with Crippen molar-refractivity contribution < 1.29 is 27.5 Å². The van der Waals surface area contributed by atoms with Crippen LogP contribution in [0.15, 0.2) is 41.3 Å². The number of sulfonamides is 1. The zero-order valence-electron chi connectivity index (χ0n) is 19.5. The topological polar surface area (TPSA) is 125 Å². The Morgan fingerprint density at radius 2 is 1.83 bits per heavy atom. The standard InChI is InChI=1S/C23H24Cl2N4O6S/c1-14-3-5-16(36(33,34)28-7-9-35-10-8-28)12-19(14)26-20(30)13-29-21(31)23(2,27-22(29)32)17-6-4-15(24)11-18(17)25/h3-6,11-12H,7-10,13H2,1-2H3,(H,26,30)(H,27,32)/t23-/m1/s1. The number of nitrogens with zero attached hydrogens (tertiary/aromatic N) is 2. The number of anilines is 1. The molecular formula is C23H24Cl2N4O6S. The minimum Gasteiger partial charge on any atom is -0.379 e. The molecule has 0 unspecified atom stereocenters. The van der Waals surface area contributed by atoms with Gasteiger partial charge in [0, 0.05) is 34.4 Å². The van der Waals surface area contributed by atoms with E-state index in [1.807, 2.05) is 0 Å². The van der Waals surface area contributed by atoms with Crippen LogP contribution in [0.25, 0.3) is 0 Å². The van der Waals surface area contributed by atoms with Crippen molar-refractivity contribution in [3.05, 3.63) is 57.6 Å². The average Bonchev–Trinajstić information content (AvgIpc) is 3.04. The molecule has 10 nitrogen and oxygen atoms in total. The molecule has 0 aliphatic carbocycles. The number of hydrogen-bond acceptors (Lipinski definition) is 6. The van der Waals surface area contributed by atoms with E-state index in [2.05, 4.69) is 10.6 Å².